The molecule has 0 spiro atoms. The van der Waals surface area contributed by atoms with Gasteiger partial charge in [0.2, 0.25) is 0 Å². The second kappa shape index (κ2) is 4.86. The van der Waals surface area contributed by atoms with Crippen LogP contribution >= 0.6 is 0 Å². The van der Waals surface area contributed by atoms with E-state index in [2.05, 4.69) is 15.1 Å². The van der Waals surface area contributed by atoms with E-state index in [1.165, 1.54) is 0 Å². The van der Waals surface area contributed by atoms with Gasteiger partial charge in [0.05, 0.1) is 11.1 Å². The van der Waals surface area contributed by atoms with Gasteiger partial charge in [0.1, 0.15) is 0 Å². The fourth-order valence-corrected chi connectivity index (χ4v) is 1.81. The summed E-state index contributed by atoms with van der Waals surface area (Å²) in [6, 6.07) is 3.76. The van der Waals surface area contributed by atoms with Crippen LogP contribution in [-0.4, -0.2) is 15.1 Å². The first-order chi connectivity index (χ1) is 8.60. The quantitative estimate of drug-likeness (QED) is 0.896. The molecule has 5 nitrogen and oxygen atoms in total. The van der Waals surface area contributed by atoms with Crippen LogP contribution in [0.1, 0.15) is 38.2 Å². The molecule has 0 atom stereocenters. The Morgan fingerprint density at radius 1 is 1.33 bits per heavy atom. The third kappa shape index (κ3) is 2.13. The molecule has 2 aromatic rings. The lowest BCUT2D eigenvalue weighted by Crippen LogP contribution is -2.36. The van der Waals surface area contributed by atoms with E-state index in [1.807, 2.05) is 32.9 Å². The largest absolute Gasteiger partial charge is 0.334 e. The molecule has 0 bridgehead atoms. The van der Waals surface area contributed by atoms with Gasteiger partial charge in [-0.25, -0.2) is 0 Å². The van der Waals surface area contributed by atoms with Crippen molar-refractivity contribution in [2.45, 2.75) is 39.2 Å². The van der Waals surface area contributed by atoms with E-state index in [0.717, 1.165) is 24.1 Å². The van der Waals surface area contributed by atoms with Crippen molar-refractivity contribution in [1.82, 2.24) is 15.1 Å². The molecule has 2 rings (SSSR count). The van der Waals surface area contributed by atoms with Crippen LogP contribution in [0, 0.1) is 6.92 Å². The highest BCUT2D eigenvalue weighted by Crippen LogP contribution is 2.26. The summed E-state index contributed by atoms with van der Waals surface area (Å²) in [4.78, 5) is 8.62. The van der Waals surface area contributed by atoms with Gasteiger partial charge in [0, 0.05) is 11.9 Å². The summed E-state index contributed by atoms with van der Waals surface area (Å²) in [7, 11) is 0. The number of aryl methyl sites for hydroxylation is 1. The lowest BCUT2D eigenvalue weighted by atomic mass is 9.93. The summed E-state index contributed by atoms with van der Waals surface area (Å²) in [5.41, 5.74) is 7.45. The average Bonchev–Trinajstić information content (AvgIpc) is 2.88. The Morgan fingerprint density at radius 3 is 2.67 bits per heavy atom. The monoisotopic (exact) mass is 246 g/mol. The van der Waals surface area contributed by atoms with Crippen LogP contribution in [0.3, 0.4) is 0 Å². The molecule has 2 N–H and O–H groups in total. The molecule has 2 heterocycles. The third-order valence-corrected chi connectivity index (χ3v) is 3.37. The molecule has 96 valence electrons. The van der Waals surface area contributed by atoms with Crippen molar-refractivity contribution in [3.05, 3.63) is 29.8 Å². The highest BCUT2D eigenvalue weighted by Gasteiger charge is 2.29. The van der Waals surface area contributed by atoms with Gasteiger partial charge in [-0.15, -0.1) is 0 Å². The zero-order valence-electron chi connectivity index (χ0n) is 11.0. The molecule has 0 aliphatic heterocycles. The molecule has 0 fully saturated rings. The molecule has 18 heavy (non-hydrogen) atoms. The molecule has 0 radical (unpaired) electrons. The van der Waals surface area contributed by atoms with E-state index in [0.29, 0.717) is 11.7 Å². The van der Waals surface area contributed by atoms with Crippen LogP contribution in [0.15, 0.2) is 22.9 Å². The number of hydrogen-bond acceptors (Lipinski definition) is 5. The van der Waals surface area contributed by atoms with Crippen LogP contribution in [0.5, 0.6) is 0 Å². The Morgan fingerprint density at radius 2 is 2.06 bits per heavy atom. The minimum absolute atomic E-state index is 0.479. The average molecular weight is 246 g/mol. The van der Waals surface area contributed by atoms with Gasteiger partial charge in [0.25, 0.3) is 5.89 Å². The predicted molar refractivity (Wildman–Crippen MR) is 68.7 cm³/mol. The zero-order chi connectivity index (χ0) is 13.2. The van der Waals surface area contributed by atoms with E-state index >= 15 is 0 Å². The maximum atomic E-state index is 6.25. The summed E-state index contributed by atoms with van der Waals surface area (Å²) in [5, 5.41) is 4.01. The van der Waals surface area contributed by atoms with Crippen LogP contribution < -0.4 is 5.73 Å². The van der Waals surface area contributed by atoms with Crippen LogP contribution in [0.25, 0.3) is 11.5 Å². The molecule has 0 unspecified atom stereocenters. The van der Waals surface area contributed by atoms with Crippen molar-refractivity contribution >= 4 is 0 Å². The predicted octanol–water partition coefficient (Wildman–Crippen LogP) is 2.41. The van der Waals surface area contributed by atoms with Gasteiger partial charge < -0.3 is 10.3 Å². The number of rotatable bonds is 4. The van der Waals surface area contributed by atoms with E-state index in [4.69, 9.17) is 10.3 Å². The Kier molecular flexibility index (Phi) is 3.43. The smallest absolute Gasteiger partial charge is 0.259 e. The van der Waals surface area contributed by atoms with Crippen molar-refractivity contribution in [1.29, 1.82) is 0 Å². The fourth-order valence-electron chi connectivity index (χ4n) is 1.81. The Bertz CT molecular complexity index is 531. The first-order valence-corrected chi connectivity index (χ1v) is 6.15. The summed E-state index contributed by atoms with van der Waals surface area (Å²) in [6.07, 6.45) is 3.28. The molecule has 0 aliphatic rings. The van der Waals surface area contributed by atoms with Crippen molar-refractivity contribution in [3.8, 4) is 11.5 Å². The summed E-state index contributed by atoms with van der Waals surface area (Å²) in [6.45, 7) is 5.96. The van der Waals surface area contributed by atoms with E-state index in [1.54, 1.807) is 6.20 Å². The topological polar surface area (TPSA) is 77.8 Å². The van der Waals surface area contributed by atoms with Gasteiger partial charge in [-0.3, -0.25) is 4.98 Å². The SMILES string of the molecule is CCC(N)(CC)c1noc(-c2cccnc2C)n1. The molecule has 5 heteroatoms. The number of nitrogens with two attached hydrogens (primary N) is 1. The minimum atomic E-state index is -0.516. The molecule has 0 saturated heterocycles. The van der Waals surface area contributed by atoms with Gasteiger partial charge in [0.15, 0.2) is 5.82 Å². The first-order valence-electron chi connectivity index (χ1n) is 6.15. The number of nitrogens with zero attached hydrogens (tertiary/aromatic N) is 3. The molecule has 2 aromatic heterocycles. The minimum Gasteiger partial charge on any atom is -0.334 e. The standard InChI is InChI=1S/C13H18N4O/c1-4-13(14,5-2)12-16-11(18-17-12)10-7-6-8-15-9(10)3/h6-8H,4-5,14H2,1-3H3. The van der Waals surface area contributed by atoms with E-state index in [9.17, 15) is 0 Å². The fraction of sp³-hybridized carbons (Fsp3) is 0.462. The highest BCUT2D eigenvalue weighted by molar-refractivity contribution is 5.55. The van der Waals surface area contributed by atoms with Crippen LogP contribution in [-0.2, 0) is 5.54 Å². The second-order valence-corrected chi connectivity index (χ2v) is 4.42. The van der Waals surface area contributed by atoms with Crippen molar-refractivity contribution in [3.63, 3.8) is 0 Å². The number of aromatic nitrogens is 3. The Balaban J connectivity index is 2.40. The molecule has 0 aromatic carbocycles. The lowest BCUT2D eigenvalue weighted by molar-refractivity contribution is 0.350. The highest BCUT2D eigenvalue weighted by atomic mass is 16.5. The number of hydrogen-bond donors (Lipinski definition) is 1. The first kappa shape index (κ1) is 12.7. The Hall–Kier alpha value is -1.75. The normalized spacial score (nSPS) is 11.8. The van der Waals surface area contributed by atoms with Gasteiger partial charge in [-0.05, 0) is 31.9 Å². The summed E-state index contributed by atoms with van der Waals surface area (Å²) in [5.74, 6) is 1.04. The maximum Gasteiger partial charge on any atom is 0.259 e. The molecular formula is C13H18N4O. The lowest BCUT2D eigenvalue weighted by Gasteiger charge is -2.21. The van der Waals surface area contributed by atoms with Crippen molar-refractivity contribution in [2.24, 2.45) is 5.73 Å². The van der Waals surface area contributed by atoms with Crippen LogP contribution in [0.4, 0.5) is 0 Å². The van der Waals surface area contributed by atoms with Gasteiger partial charge in [-0.1, -0.05) is 19.0 Å². The van der Waals surface area contributed by atoms with E-state index < -0.39 is 5.54 Å². The number of pyridine rings is 1. The Labute approximate surface area is 106 Å². The second-order valence-electron chi connectivity index (χ2n) is 4.42. The molecular weight excluding hydrogens is 228 g/mol. The van der Waals surface area contributed by atoms with Crippen LogP contribution in [0.2, 0.25) is 0 Å². The molecule has 0 saturated carbocycles. The van der Waals surface area contributed by atoms with Gasteiger partial charge in [-0.2, -0.15) is 4.98 Å². The van der Waals surface area contributed by atoms with Crippen molar-refractivity contribution in [2.75, 3.05) is 0 Å². The third-order valence-electron chi connectivity index (χ3n) is 3.37. The van der Waals surface area contributed by atoms with Crippen molar-refractivity contribution < 1.29 is 4.52 Å². The molecule has 0 amide bonds. The summed E-state index contributed by atoms with van der Waals surface area (Å²) < 4.78 is 5.30. The maximum absolute atomic E-state index is 6.25. The van der Waals surface area contributed by atoms with Gasteiger partial charge >= 0.3 is 0 Å². The summed E-state index contributed by atoms with van der Waals surface area (Å²) >= 11 is 0. The zero-order valence-corrected chi connectivity index (χ0v) is 11.0. The molecule has 0 aliphatic carbocycles. The van der Waals surface area contributed by atoms with E-state index in [-0.39, 0.29) is 0 Å².